The molecule has 0 bridgehead atoms. The molecule has 0 unspecified atom stereocenters. The molecule has 5 aliphatic rings. The number of fused-ring (bicyclic) bond motifs is 14. The van der Waals surface area contributed by atoms with E-state index in [-0.39, 0.29) is 23.9 Å². The van der Waals surface area contributed by atoms with Crippen molar-refractivity contribution < 1.29 is 9.59 Å². The molecule has 1 fully saturated rings. The highest BCUT2D eigenvalue weighted by atomic mass is 16.2. The summed E-state index contributed by atoms with van der Waals surface area (Å²) in [7, 11) is 3.83. The van der Waals surface area contributed by atoms with Crippen LogP contribution in [-0.4, -0.2) is 48.8 Å². The largest absolute Gasteiger partial charge is 0.313 e. The molecular formula is C36H32N4O2. The Bertz CT molecular complexity index is 1700. The number of likely N-dealkylation sites (N-methyl/N-ethyl adjacent to an activating group) is 2. The molecule has 6 nitrogen and oxygen atoms in total. The number of benzene rings is 4. The summed E-state index contributed by atoms with van der Waals surface area (Å²) in [4.78, 5) is 38.9. The minimum Gasteiger partial charge on any atom is -0.313 e. The molecular weight excluding hydrogens is 520 g/mol. The van der Waals surface area contributed by atoms with E-state index in [1.54, 1.807) is 0 Å². The molecule has 4 aromatic carbocycles. The first-order valence-corrected chi connectivity index (χ1v) is 15.0. The summed E-state index contributed by atoms with van der Waals surface area (Å²) >= 11 is 0. The van der Waals surface area contributed by atoms with Crippen LogP contribution in [0.4, 0.5) is 11.4 Å². The average Bonchev–Trinajstić information content (AvgIpc) is 3.40. The Morgan fingerprint density at radius 1 is 0.548 bits per heavy atom. The summed E-state index contributed by atoms with van der Waals surface area (Å²) < 4.78 is 0. The molecule has 4 aromatic rings. The lowest BCUT2D eigenvalue weighted by atomic mass is 9.62. The van der Waals surface area contributed by atoms with Crippen LogP contribution < -0.4 is 9.80 Å². The SMILES string of the molecule is CN1C(=O)[C@]2(c3ccccc31)[C@H]1c3ccccc3CCN1[C@]1(C(=O)N(C)c3ccccc31)[C@H]1c3ccccc3CCN12. The van der Waals surface area contributed by atoms with Crippen molar-refractivity contribution in [2.45, 2.75) is 36.0 Å². The highest BCUT2D eigenvalue weighted by Gasteiger charge is 2.75. The maximum Gasteiger partial charge on any atom is 0.253 e. The number of rotatable bonds is 0. The normalized spacial score (nSPS) is 29.3. The summed E-state index contributed by atoms with van der Waals surface area (Å²) in [6, 6.07) is 33.1. The number of nitrogens with zero attached hydrogens (tertiary/aromatic N) is 4. The van der Waals surface area contributed by atoms with Gasteiger partial charge in [-0.2, -0.15) is 0 Å². The molecule has 208 valence electrons. The first-order chi connectivity index (χ1) is 20.5. The Morgan fingerprint density at radius 2 is 0.929 bits per heavy atom. The van der Waals surface area contributed by atoms with Gasteiger partial charge in [0.05, 0.1) is 12.1 Å². The van der Waals surface area contributed by atoms with Crippen molar-refractivity contribution in [3.63, 3.8) is 0 Å². The van der Waals surface area contributed by atoms with Gasteiger partial charge in [0.25, 0.3) is 11.8 Å². The van der Waals surface area contributed by atoms with E-state index in [1.807, 2.05) is 36.0 Å². The van der Waals surface area contributed by atoms with Crippen molar-refractivity contribution in [3.8, 4) is 0 Å². The van der Waals surface area contributed by atoms with Gasteiger partial charge < -0.3 is 9.80 Å². The Balaban J connectivity index is 1.46. The van der Waals surface area contributed by atoms with Gasteiger partial charge in [-0.05, 0) is 47.2 Å². The third kappa shape index (κ3) is 2.56. The standard InChI is InChI=1S/C36H32N4O2/c1-37-29-17-9-7-15-27(29)35(33(37)41)31-25-13-5-3-11-23(25)20-22-40(31)36(28-16-8-10-18-30(28)38(2)34(36)42)32-26-14-6-4-12-24(26)19-21-39(32)35/h3-18,31-32H,19-22H2,1-2H3/t31-,32-,35+,36+/m1/s1. The Labute approximate surface area is 245 Å². The van der Waals surface area contributed by atoms with Gasteiger partial charge in [0, 0.05) is 49.7 Å². The number of carbonyl (C=O) groups excluding carboxylic acids is 2. The van der Waals surface area contributed by atoms with Crippen LogP contribution in [0.1, 0.15) is 45.5 Å². The second-order valence-corrected chi connectivity index (χ2v) is 12.4. The molecule has 0 saturated carbocycles. The lowest BCUT2D eigenvalue weighted by molar-refractivity contribution is -0.192. The number of para-hydroxylation sites is 2. The number of carbonyl (C=O) groups is 2. The van der Waals surface area contributed by atoms with Gasteiger partial charge in [0.15, 0.2) is 0 Å². The maximum absolute atomic E-state index is 15.1. The van der Waals surface area contributed by atoms with Crippen molar-refractivity contribution in [1.29, 1.82) is 0 Å². The van der Waals surface area contributed by atoms with E-state index in [1.165, 1.54) is 11.1 Å². The van der Waals surface area contributed by atoms with E-state index in [4.69, 9.17) is 0 Å². The predicted octanol–water partition coefficient (Wildman–Crippen LogP) is 4.94. The zero-order chi connectivity index (χ0) is 28.4. The van der Waals surface area contributed by atoms with Crippen LogP contribution in [0.3, 0.4) is 0 Å². The summed E-state index contributed by atoms with van der Waals surface area (Å²) in [6.45, 7) is 1.37. The summed E-state index contributed by atoms with van der Waals surface area (Å²) in [5.41, 5.74) is 6.84. The highest BCUT2D eigenvalue weighted by Crippen LogP contribution is 2.68. The molecule has 5 aliphatic heterocycles. The van der Waals surface area contributed by atoms with Crippen LogP contribution in [0.15, 0.2) is 97.1 Å². The minimum absolute atomic E-state index is 0.0849. The van der Waals surface area contributed by atoms with Crippen LogP contribution in [-0.2, 0) is 33.5 Å². The van der Waals surface area contributed by atoms with Crippen molar-refractivity contribution in [2.75, 3.05) is 37.0 Å². The van der Waals surface area contributed by atoms with Gasteiger partial charge >= 0.3 is 0 Å². The maximum atomic E-state index is 15.1. The smallest absolute Gasteiger partial charge is 0.253 e. The Hall–Kier alpha value is -4.26. The molecule has 5 heterocycles. The van der Waals surface area contributed by atoms with E-state index in [2.05, 4.69) is 94.7 Å². The lowest BCUT2D eigenvalue weighted by Crippen LogP contribution is -2.76. The van der Waals surface area contributed by atoms with Crippen LogP contribution >= 0.6 is 0 Å². The third-order valence-corrected chi connectivity index (χ3v) is 10.9. The van der Waals surface area contributed by atoms with Crippen molar-refractivity contribution in [1.82, 2.24) is 9.80 Å². The molecule has 0 aromatic heterocycles. The fraction of sp³-hybridized carbons (Fsp3) is 0.278. The molecule has 0 aliphatic carbocycles. The number of anilines is 2. The third-order valence-electron chi connectivity index (χ3n) is 10.9. The van der Waals surface area contributed by atoms with Crippen LogP contribution in [0.5, 0.6) is 0 Å². The van der Waals surface area contributed by atoms with E-state index in [9.17, 15) is 0 Å². The second kappa shape index (κ2) is 8.18. The van der Waals surface area contributed by atoms with Crippen molar-refractivity contribution in [2.24, 2.45) is 0 Å². The molecule has 4 atom stereocenters. The van der Waals surface area contributed by atoms with Crippen molar-refractivity contribution in [3.05, 3.63) is 130 Å². The predicted molar refractivity (Wildman–Crippen MR) is 162 cm³/mol. The monoisotopic (exact) mass is 552 g/mol. The number of amides is 2. The second-order valence-electron chi connectivity index (χ2n) is 12.4. The van der Waals surface area contributed by atoms with Gasteiger partial charge in [-0.15, -0.1) is 0 Å². The Kier molecular flexibility index (Phi) is 4.74. The van der Waals surface area contributed by atoms with E-state index >= 15 is 9.59 Å². The highest BCUT2D eigenvalue weighted by molar-refractivity contribution is 6.11. The van der Waals surface area contributed by atoms with E-state index < -0.39 is 11.1 Å². The first-order valence-electron chi connectivity index (χ1n) is 15.0. The molecule has 0 radical (unpaired) electrons. The van der Waals surface area contributed by atoms with Gasteiger partial charge in [0.2, 0.25) is 0 Å². The Morgan fingerprint density at radius 3 is 1.38 bits per heavy atom. The van der Waals surface area contributed by atoms with Crippen LogP contribution in [0.2, 0.25) is 0 Å². The first kappa shape index (κ1) is 24.3. The summed E-state index contributed by atoms with van der Waals surface area (Å²) in [5, 5.41) is 0. The average molecular weight is 553 g/mol. The van der Waals surface area contributed by atoms with Gasteiger partial charge in [-0.25, -0.2) is 0 Å². The fourth-order valence-electron chi connectivity index (χ4n) is 9.33. The molecule has 42 heavy (non-hydrogen) atoms. The minimum atomic E-state index is -0.984. The molecule has 0 N–H and O–H groups in total. The van der Waals surface area contributed by atoms with E-state index in [0.717, 1.165) is 46.5 Å². The summed E-state index contributed by atoms with van der Waals surface area (Å²) in [5.74, 6) is 0.170. The zero-order valence-corrected chi connectivity index (χ0v) is 23.8. The molecule has 1 saturated heterocycles. The fourth-order valence-corrected chi connectivity index (χ4v) is 9.33. The van der Waals surface area contributed by atoms with Crippen LogP contribution in [0.25, 0.3) is 0 Å². The number of piperazine rings is 1. The topological polar surface area (TPSA) is 47.1 Å². The summed E-state index contributed by atoms with van der Waals surface area (Å²) in [6.07, 6.45) is 1.65. The van der Waals surface area contributed by atoms with Gasteiger partial charge in [0.1, 0.15) is 11.1 Å². The zero-order valence-electron chi connectivity index (χ0n) is 23.8. The van der Waals surface area contributed by atoms with Crippen LogP contribution in [0, 0.1) is 0 Å². The number of hydrogen-bond acceptors (Lipinski definition) is 4. The molecule has 2 spiro atoms. The lowest BCUT2D eigenvalue weighted by Gasteiger charge is -2.66. The van der Waals surface area contributed by atoms with Gasteiger partial charge in [-0.1, -0.05) is 84.9 Å². The molecule has 6 heteroatoms. The van der Waals surface area contributed by atoms with E-state index in [0.29, 0.717) is 13.1 Å². The molecule has 2 amide bonds. The van der Waals surface area contributed by atoms with Gasteiger partial charge in [-0.3, -0.25) is 19.4 Å². The van der Waals surface area contributed by atoms with Crippen molar-refractivity contribution >= 4 is 23.2 Å². The number of hydrogen-bond donors (Lipinski definition) is 0. The molecule has 9 rings (SSSR count). The quantitative estimate of drug-likeness (QED) is 0.310.